The summed E-state index contributed by atoms with van der Waals surface area (Å²) in [6, 6.07) is 4.54. The van der Waals surface area contributed by atoms with Gasteiger partial charge in [0.25, 0.3) is 5.69 Å². The first-order valence-electron chi connectivity index (χ1n) is 6.84. The number of nitrogens with zero attached hydrogens (tertiary/aromatic N) is 1. The second-order valence-corrected chi connectivity index (χ2v) is 6.32. The van der Waals surface area contributed by atoms with Crippen LogP contribution in [0.15, 0.2) is 24.3 Å². The number of carboxylic acids is 1. The molecule has 0 aliphatic carbocycles. The van der Waals surface area contributed by atoms with E-state index in [0.717, 1.165) is 0 Å². The van der Waals surface area contributed by atoms with Crippen LogP contribution in [0, 0.1) is 15.5 Å². The SMILES string of the molecule is CC(C)(C)CC(=O)N[C@@H](Cc1ccc([N+](=O)[O-])cc1)C(=O)O. The van der Waals surface area contributed by atoms with Crippen molar-refractivity contribution >= 4 is 17.6 Å². The van der Waals surface area contributed by atoms with E-state index in [4.69, 9.17) is 0 Å². The van der Waals surface area contributed by atoms with E-state index in [1.54, 1.807) is 0 Å². The molecule has 7 nitrogen and oxygen atoms in total. The summed E-state index contributed by atoms with van der Waals surface area (Å²) in [4.78, 5) is 33.2. The van der Waals surface area contributed by atoms with Crippen LogP contribution in [0.2, 0.25) is 0 Å². The van der Waals surface area contributed by atoms with Crippen molar-refractivity contribution in [2.24, 2.45) is 5.41 Å². The number of nitro groups is 1. The van der Waals surface area contributed by atoms with Gasteiger partial charge in [0.1, 0.15) is 6.04 Å². The fourth-order valence-electron chi connectivity index (χ4n) is 1.92. The third-order valence-electron chi connectivity index (χ3n) is 2.91. The van der Waals surface area contributed by atoms with Gasteiger partial charge >= 0.3 is 5.97 Å². The Morgan fingerprint density at radius 3 is 2.23 bits per heavy atom. The normalized spacial score (nSPS) is 12.5. The highest BCUT2D eigenvalue weighted by Gasteiger charge is 2.23. The monoisotopic (exact) mass is 308 g/mol. The average Bonchev–Trinajstić information content (AvgIpc) is 2.36. The van der Waals surface area contributed by atoms with Crippen LogP contribution >= 0.6 is 0 Å². The van der Waals surface area contributed by atoms with Gasteiger partial charge in [-0.25, -0.2) is 4.79 Å². The zero-order valence-corrected chi connectivity index (χ0v) is 12.8. The minimum absolute atomic E-state index is 0.0626. The highest BCUT2D eigenvalue weighted by molar-refractivity contribution is 5.84. The molecule has 0 aliphatic heterocycles. The van der Waals surface area contributed by atoms with Gasteiger partial charge < -0.3 is 10.4 Å². The lowest BCUT2D eigenvalue weighted by molar-refractivity contribution is -0.384. The number of hydrogen-bond acceptors (Lipinski definition) is 4. The Kier molecular flexibility index (Phi) is 5.62. The summed E-state index contributed by atoms with van der Waals surface area (Å²) in [7, 11) is 0. The Morgan fingerprint density at radius 2 is 1.82 bits per heavy atom. The minimum Gasteiger partial charge on any atom is -0.480 e. The topological polar surface area (TPSA) is 110 Å². The van der Waals surface area contributed by atoms with Crippen LogP contribution in [0.1, 0.15) is 32.8 Å². The number of non-ortho nitro benzene ring substituents is 1. The van der Waals surface area contributed by atoms with E-state index in [0.29, 0.717) is 5.56 Å². The van der Waals surface area contributed by atoms with E-state index in [1.165, 1.54) is 24.3 Å². The van der Waals surface area contributed by atoms with Crippen molar-refractivity contribution in [2.75, 3.05) is 0 Å². The average molecular weight is 308 g/mol. The summed E-state index contributed by atoms with van der Waals surface area (Å²) in [5, 5.41) is 22.3. The predicted octanol–water partition coefficient (Wildman–Crippen LogP) is 2.14. The summed E-state index contributed by atoms with van der Waals surface area (Å²) in [6.07, 6.45) is 0.292. The van der Waals surface area contributed by atoms with Crippen molar-refractivity contribution in [1.82, 2.24) is 5.32 Å². The van der Waals surface area contributed by atoms with E-state index in [2.05, 4.69) is 5.32 Å². The smallest absolute Gasteiger partial charge is 0.326 e. The maximum absolute atomic E-state index is 11.8. The largest absolute Gasteiger partial charge is 0.480 e. The van der Waals surface area contributed by atoms with Gasteiger partial charge in [-0.2, -0.15) is 0 Å². The lowest BCUT2D eigenvalue weighted by Gasteiger charge is -2.20. The van der Waals surface area contributed by atoms with Gasteiger partial charge in [-0.3, -0.25) is 14.9 Å². The zero-order chi connectivity index (χ0) is 16.9. The van der Waals surface area contributed by atoms with Crippen LogP contribution in [0.4, 0.5) is 5.69 Å². The van der Waals surface area contributed by atoms with E-state index >= 15 is 0 Å². The van der Waals surface area contributed by atoms with Gasteiger partial charge in [-0.15, -0.1) is 0 Å². The molecule has 0 saturated heterocycles. The number of amides is 1. The molecule has 1 aromatic carbocycles. The molecule has 0 radical (unpaired) electrons. The first-order valence-corrected chi connectivity index (χ1v) is 6.84. The molecule has 0 spiro atoms. The first kappa shape index (κ1) is 17.6. The molecule has 0 unspecified atom stereocenters. The van der Waals surface area contributed by atoms with Crippen LogP contribution < -0.4 is 5.32 Å². The molecular weight excluding hydrogens is 288 g/mol. The Morgan fingerprint density at radius 1 is 1.27 bits per heavy atom. The molecule has 0 fully saturated rings. The summed E-state index contributed by atoms with van der Waals surface area (Å²) < 4.78 is 0. The Labute approximate surface area is 128 Å². The van der Waals surface area contributed by atoms with Crippen molar-refractivity contribution < 1.29 is 19.6 Å². The van der Waals surface area contributed by atoms with Crippen LogP contribution in [-0.2, 0) is 16.0 Å². The number of aliphatic carboxylic acids is 1. The van der Waals surface area contributed by atoms with Crippen LogP contribution in [0.3, 0.4) is 0 Å². The molecule has 0 heterocycles. The quantitative estimate of drug-likeness (QED) is 0.618. The van der Waals surface area contributed by atoms with E-state index in [1.807, 2.05) is 20.8 Å². The maximum Gasteiger partial charge on any atom is 0.326 e. The number of nitro benzene ring substituents is 1. The highest BCUT2D eigenvalue weighted by atomic mass is 16.6. The van der Waals surface area contributed by atoms with Gasteiger partial charge in [0.15, 0.2) is 0 Å². The van der Waals surface area contributed by atoms with Crippen molar-refractivity contribution in [2.45, 2.75) is 39.7 Å². The van der Waals surface area contributed by atoms with Gasteiger partial charge in [0.2, 0.25) is 5.91 Å². The Bertz CT molecular complexity index is 560. The molecule has 1 atom stereocenters. The van der Waals surface area contributed by atoms with Gasteiger partial charge in [-0.1, -0.05) is 32.9 Å². The van der Waals surface area contributed by atoms with Gasteiger partial charge in [0, 0.05) is 25.0 Å². The van der Waals surface area contributed by atoms with Gasteiger partial charge in [0.05, 0.1) is 4.92 Å². The summed E-state index contributed by atoms with van der Waals surface area (Å²) in [5.74, 6) is -1.47. The van der Waals surface area contributed by atoms with Crippen molar-refractivity contribution in [3.8, 4) is 0 Å². The second-order valence-electron chi connectivity index (χ2n) is 6.32. The second kappa shape index (κ2) is 7.02. The predicted molar refractivity (Wildman–Crippen MR) is 80.4 cm³/mol. The summed E-state index contributed by atoms with van der Waals surface area (Å²) in [5.41, 5.74) is 0.307. The number of carboxylic acid groups (broad SMARTS) is 1. The highest BCUT2D eigenvalue weighted by Crippen LogP contribution is 2.18. The van der Waals surface area contributed by atoms with Crippen LogP contribution in [0.5, 0.6) is 0 Å². The third kappa shape index (κ3) is 5.90. The van der Waals surface area contributed by atoms with Crippen LogP contribution in [-0.4, -0.2) is 27.9 Å². The summed E-state index contributed by atoms with van der Waals surface area (Å²) >= 11 is 0. The molecule has 7 heteroatoms. The Hall–Kier alpha value is -2.44. The molecule has 0 bridgehead atoms. The third-order valence-corrected chi connectivity index (χ3v) is 2.91. The minimum atomic E-state index is -1.14. The number of nitrogens with one attached hydrogen (secondary N) is 1. The Balaban J connectivity index is 2.74. The maximum atomic E-state index is 11.8. The lowest BCUT2D eigenvalue weighted by atomic mass is 9.91. The molecule has 0 aliphatic rings. The van der Waals surface area contributed by atoms with Crippen molar-refractivity contribution in [3.05, 3.63) is 39.9 Å². The molecular formula is C15H20N2O5. The number of benzene rings is 1. The van der Waals surface area contributed by atoms with Crippen molar-refractivity contribution in [3.63, 3.8) is 0 Å². The first-order chi connectivity index (χ1) is 10.1. The molecule has 0 saturated carbocycles. The number of carbonyl (C=O) groups excluding carboxylic acids is 1. The van der Waals surface area contributed by atoms with Gasteiger partial charge in [-0.05, 0) is 11.0 Å². The summed E-state index contributed by atoms with van der Waals surface area (Å²) in [6.45, 7) is 5.66. The lowest BCUT2D eigenvalue weighted by Crippen LogP contribution is -2.43. The fraction of sp³-hybridized carbons (Fsp3) is 0.467. The molecule has 1 rings (SSSR count). The van der Waals surface area contributed by atoms with Crippen molar-refractivity contribution in [1.29, 1.82) is 0 Å². The fourth-order valence-corrected chi connectivity index (χ4v) is 1.92. The molecule has 1 aromatic rings. The molecule has 120 valence electrons. The molecule has 22 heavy (non-hydrogen) atoms. The standard InChI is InChI=1S/C15H20N2O5/c1-15(2,3)9-13(18)16-12(14(19)20)8-10-4-6-11(7-5-10)17(21)22/h4-7,12H,8-9H2,1-3H3,(H,16,18)(H,19,20)/t12-/m0/s1. The number of rotatable bonds is 6. The van der Waals surface area contributed by atoms with E-state index in [-0.39, 0.29) is 29.9 Å². The molecule has 1 amide bonds. The zero-order valence-electron chi connectivity index (χ0n) is 12.8. The molecule has 0 aromatic heterocycles. The number of carbonyl (C=O) groups is 2. The molecule has 2 N–H and O–H groups in total. The van der Waals surface area contributed by atoms with E-state index in [9.17, 15) is 24.8 Å². The number of hydrogen-bond donors (Lipinski definition) is 2. The van der Waals surface area contributed by atoms with E-state index < -0.39 is 16.9 Å². The van der Waals surface area contributed by atoms with Crippen LogP contribution in [0.25, 0.3) is 0 Å².